The molecule has 1 saturated heterocycles. The zero-order valence-corrected chi connectivity index (χ0v) is 13.9. The predicted molar refractivity (Wildman–Crippen MR) is 88.0 cm³/mol. The van der Waals surface area contributed by atoms with Gasteiger partial charge in [0.25, 0.3) is 0 Å². The summed E-state index contributed by atoms with van der Waals surface area (Å²) in [6, 6.07) is 8.09. The van der Waals surface area contributed by atoms with Crippen LogP contribution in [0, 0.1) is 5.92 Å². The lowest BCUT2D eigenvalue weighted by molar-refractivity contribution is -0.153. The molecule has 3 nitrogen and oxygen atoms in total. The zero-order valence-electron chi connectivity index (χ0n) is 13.1. The van der Waals surface area contributed by atoms with Crippen molar-refractivity contribution in [3.63, 3.8) is 0 Å². The molecule has 4 heteroatoms. The maximum absolute atomic E-state index is 12.9. The second-order valence-corrected chi connectivity index (χ2v) is 6.96. The lowest BCUT2D eigenvalue weighted by atomic mass is 9.89. The number of ether oxygens (including phenoxy) is 1. The van der Waals surface area contributed by atoms with Gasteiger partial charge in [-0.3, -0.25) is 4.79 Å². The molecule has 3 rings (SSSR count). The van der Waals surface area contributed by atoms with E-state index in [-0.39, 0.29) is 17.9 Å². The van der Waals surface area contributed by atoms with Crippen LogP contribution in [0.25, 0.3) is 0 Å². The van der Waals surface area contributed by atoms with Crippen LogP contribution in [0.3, 0.4) is 0 Å². The zero-order chi connectivity index (χ0) is 15.5. The van der Waals surface area contributed by atoms with Crippen molar-refractivity contribution >= 4 is 17.5 Å². The van der Waals surface area contributed by atoms with Gasteiger partial charge in [0, 0.05) is 17.5 Å². The van der Waals surface area contributed by atoms with Gasteiger partial charge in [-0.05, 0) is 37.0 Å². The topological polar surface area (TPSA) is 29.5 Å². The van der Waals surface area contributed by atoms with Gasteiger partial charge in [-0.2, -0.15) is 0 Å². The Morgan fingerprint density at radius 2 is 2.05 bits per heavy atom. The van der Waals surface area contributed by atoms with Gasteiger partial charge in [0.15, 0.2) is 0 Å². The van der Waals surface area contributed by atoms with E-state index < -0.39 is 0 Å². The van der Waals surface area contributed by atoms with Crippen molar-refractivity contribution in [2.45, 2.75) is 51.2 Å². The molecule has 2 fully saturated rings. The van der Waals surface area contributed by atoms with Gasteiger partial charge in [-0.1, -0.05) is 43.5 Å². The summed E-state index contributed by atoms with van der Waals surface area (Å²) in [4.78, 5) is 15.0. The summed E-state index contributed by atoms with van der Waals surface area (Å²) >= 11 is 5.92. The van der Waals surface area contributed by atoms with Crippen LogP contribution in [0.15, 0.2) is 24.3 Å². The second kappa shape index (κ2) is 7.01. The average molecular weight is 322 g/mol. The molecule has 1 aromatic rings. The van der Waals surface area contributed by atoms with E-state index in [1.807, 2.05) is 31.2 Å². The lowest BCUT2D eigenvalue weighted by Crippen LogP contribution is -2.56. The number of hydrogen-bond acceptors (Lipinski definition) is 2. The van der Waals surface area contributed by atoms with Crippen LogP contribution in [-0.2, 0) is 16.0 Å². The Morgan fingerprint density at radius 1 is 1.32 bits per heavy atom. The molecule has 0 spiro atoms. The maximum Gasteiger partial charge on any atom is 0.226 e. The minimum absolute atomic E-state index is 0.00171. The number of halogens is 1. The third-order valence-corrected chi connectivity index (χ3v) is 5.14. The molecule has 2 aliphatic rings. The first-order valence-corrected chi connectivity index (χ1v) is 8.69. The first-order valence-electron chi connectivity index (χ1n) is 8.31. The van der Waals surface area contributed by atoms with Gasteiger partial charge >= 0.3 is 0 Å². The normalized spacial score (nSPS) is 26.4. The van der Waals surface area contributed by atoms with Gasteiger partial charge in [0.05, 0.1) is 18.8 Å². The van der Waals surface area contributed by atoms with E-state index in [1.54, 1.807) is 0 Å². The Labute approximate surface area is 137 Å². The molecule has 1 aliphatic heterocycles. The van der Waals surface area contributed by atoms with Crippen LogP contribution in [0.1, 0.15) is 38.2 Å². The van der Waals surface area contributed by atoms with Crippen LogP contribution in [0.2, 0.25) is 5.02 Å². The molecule has 120 valence electrons. The molecule has 1 aliphatic carbocycles. The summed E-state index contributed by atoms with van der Waals surface area (Å²) in [5, 5.41) is 0.737. The van der Waals surface area contributed by atoms with E-state index >= 15 is 0 Å². The van der Waals surface area contributed by atoms with E-state index in [9.17, 15) is 4.79 Å². The van der Waals surface area contributed by atoms with Gasteiger partial charge in [0.2, 0.25) is 5.91 Å². The lowest BCUT2D eigenvalue weighted by Gasteiger charge is -2.44. The van der Waals surface area contributed by atoms with Gasteiger partial charge in [-0.25, -0.2) is 0 Å². The van der Waals surface area contributed by atoms with Crippen LogP contribution >= 0.6 is 11.6 Å². The van der Waals surface area contributed by atoms with Crippen molar-refractivity contribution in [2.75, 3.05) is 13.2 Å². The van der Waals surface area contributed by atoms with Crippen molar-refractivity contribution in [2.24, 2.45) is 5.92 Å². The molecule has 0 bridgehead atoms. The number of morpholine rings is 1. The number of benzene rings is 1. The summed E-state index contributed by atoms with van der Waals surface area (Å²) in [5.41, 5.74) is 1.17. The summed E-state index contributed by atoms with van der Waals surface area (Å²) in [6.45, 7) is 3.45. The van der Waals surface area contributed by atoms with E-state index in [0.717, 1.165) is 30.8 Å². The standard InChI is InChI=1S/C18H24ClNO2/c1-13(12-14-6-8-15(19)9-7-14)18(21)20-10-11-22-17-5-3-2-4-16(17)20/h6-9,13,16-17H,2-5,10-12H2,1H3. The monoisotopic (exact) mass is 321 g/mol. The summed E-state index contributed by atoms with van der Waals surface area (Å²) in [7, 11) is 0. The third-order valence-electron chi connectivity index (χ3n) is 4.89. The molecule has 0 radical (unpaired) electrons. The number of fused-ring (bicyclic) bond motifs is 1. The molecule has 0 aromatic heterocycles. The van der Waals surface area contributed by atoms with Crippen molar-refractivity contribution in [3.05, 3.63) is 34.9 Å². The van der Waals surface area contributed by atoms with Gasteiger partial charge < -0.3 is 9.64 Å². The van der Waals surface area contributed by atoms with Gasteiger partial charge in [0.1, 0.15) is 0 Å². The highest BCUT2D eigenvalue weighted by atomic mass is 35.5. The number of carbonyl (C=O) groups excluding carboxylic acids is 1. The Bertz CT molecular complexity index is 514. The van der Waals surface area contributed by atoms with Crippen LogP contribution < -0.4 is 0 Å². The van der Waals surface area contributed by atoms with Gasteiger partial charge in [-0.15, -0.1) is 0 Å². The molecule has 1 aromatic carbocycles. The second-order valence-electron chi connectivity index (χ2n) is 6.52. The van der Waals surface area contributed by atoms with Crippen molar-refractivity contribution in [1.29, 1.82) is 0 Å². The Kier molecular flexibility index (Phi) is 5.04. The molecular formula is C18H24ClNO2. The van der Waals surface area contributed by atoms with E-state index in [1.165, 1.54) is 18.4 Å². The summed E-state index contributed by atoms with van der Waals surface area (Å²) < 4.78 is 5.86. The van der Waals surface area contributed by atoms with Crippen LogP contribution in [0.4, 0.5) is 0 Å². The van der Waals surface area contributed by atoms with Crippen LogP contribution in [0.5, 0.6) is 0 Å². The minimum atomic E-state index is 0.00171. The Balaban J connectivity index is 1.65. The number of carbonyl (C=O) groups is 1. The van der Waals surface area contributed by atoms with E-state index in [4.69, 9.17) is 16.3 Å². The first kappa shape index (κ1) is 15.8. The Morgan fingerprint density at radius 3 is 2.82 bits per heavy atom. The SMILES string of the molecule is CC(Cc1ccc(Cl)cc1)C(=O)N1CCOC2CCCCC21. The molecule has 1 saturated carbocycles. The van der Waals surface area contributed by atoms with Crippen molar-refractivity contribution in [1.82, 2.24) is 4.90 Å². The number of hydrogen-bond donors (Lipinski definition) is 0. The van der Waals surface area contributed by atoms with Crippen LogP contribution in [-0.4, -0.2) is 36.1 Å². The fourth-order valence-corrected chi connectivity index (χ4v) is 3.84. The molecule has 0 N–H and O–H groups in total. The number of amides is 1. The molecular weight excluding hydrogens is 298 g/mol. The molecule has 3 atom stereocenters. The molecule has 1 heterocycles. The predicted octanol–water partition coefficient (Wildman–Crippen LogP) is 3.69. The maximum atomic E-state index is 12.9. The minimum Gasteiger partial charge on any atom is -0.374 e. The number of rotatable bonds is 3. The Hall–Kier alpha value is -1.06. The smallest absolute Gasteiger partial charge is 0.226 e. The van der Waals surface area contributed by atoms with Crippen molar-refractivity contribution in [3.8, 4) is 0 Å². The fourth-order valence-electron chi connectivity index (χ4n) is 3.71. The quantitative estimate of drug-likeness (QED) is 0.849. The third kappa shape index (κ3) is 3.47. The highest BCUT2D eigenvalue weighted by Crippen LogP contribution is 2.29. The fraction of sp³-hybridized carbons (Fsp3) is 0.611. The molecule has 3 unspecified atom stereocenters. The van der Waals surface area contributed by atoms with E-state index in [0.29, 0.717) is 12.6 Å². The largest absolute Gasteiger partial charge is 0.374 e. The molecule has 22 heavy (non-hydrogen) atoms. The highest BCUT2D eigenvalue weighted by molar-refractivity contribution is 6.30. The van der Waals surface area contributed by atoms with Crippen molar-refractivity contribution < 1.29 is 9.53 Å². The first-order chi connectivity index (χ1) is 10.6. The highest BCUT2D eigenvalue weighted by Gasteiger charge is 2.37. The number of nitrogens with zero attached hydrogens (tertiary/aromatic N) is 1. The summed E-state index contributed by atoms with van der Waals surface area (Å²) in [5.74, 6) is 0.275. The summed E-state index contributed by atoms with van der Waals surface area (Å²) in [6.07, 6.45) is 5.65. The van der Waals surface area contributed by atoms with E-state index in [2.05, 4.69) is 4.90 Å². The molecule has 1 amide bonds. The average Bonchev–Trinajstić information content (AvgIpc) is 2.55.